The van der Waals surface area contributed by atoms with Crippen molar-refractivity contribution in [2.24, 2.45) is 0 Å². The summed E-state index contributed by atoms with van der Waals surface area (Å²) in [6.07, 6.45) is 2.78. The average Bonchev–Trinajstić information content (AvgIpc) is 2.71. The minimum absolute atomic E-state index is 0.151. The average molecular weight is 453 g/mol. The zero-order chi connectivity index (χ0) is 21.0. The molecule has 1 unspecified atom stereocenters. The zero-order valence-corrected chi connectivity index (χ0v) is 18.9. The van der Waals surface area contributed by atoms with Gasteiger partial charge in [0, 0.05) is 18.0 Å². The Labute approximate surface area is 181 Å². The van der Waals surface area contributed by atoms with Crippen molar-refractivity contribution >= 4 is 45.0 Å². The molecule has 3 rings (SSSR count). The highest BCUT2D eigenvalue weighted by atomic mass is 35.5. The molecule has 2 aromatic rings. The van der Waals surface area contributed by atoms with E-state index in [1.165, 1.54) is 34.3 Å². The van der Waals surface area contributed by atoms with Gasteiger partial charge in [0.05, 0.1) is 20.9 Å². The summed E-state index contributed by atoms with van der Waals surface area (Å²) < 4.78 is 27.3. The number of anilines is 1. The summed E-state index contributed by atoms with van der Waals surface area (Å²) in [7, 11) is -3.59. The van der Waals surface area contributed by atoms with Crippen molar-refractivity contribution in [2.75, 3.05) is 18.4 Å². The van der Waals surface area contributed by atoms with Crippen molar-refractivity contribution in [3.63, 3.8) is 0 Å². The number of thioether (sulfide) groups is 1. The lowest BCUT2D eigenvalue weighted by atomic mass is 10.2. The van der Waals surface area contributed by atoms with E-state index < -0.39 is 10.0 Å². The Morgan fingerprint density at radius 1 is 1.10 bits per heavy atom. The number of nitrogens with zero attached hydrogens (tertiary/aromatic N) is 1. The lowest BCUT2D eigenvalue weighted by Gasteiger charge is -2.26. The van der Waals surface area contributed by atoms with Crippen molar-refractivity contribution in [1.82, 2.24) is 4.31 Å². The van der Waals surface area contributed by atoms with Crippen LogP contribution in [0.5, 0.6) is 0 Å². The van der Waals surface area contributed by atoms with Gasteiger partial charge in [-0.15, -0.1) is 11.8 Å². The predicted molar refractivity (Wildman–Crippen MR) is 119 cm³/mol. The molecule has 0 aromatic heterocycles. The van der Waals surface area contributed by atoms with Gasteiger partial charge in [0.2, 0.25) is 15.9 Å². The van der Waals surface area contributed by atoms with Crippen molar-refractivity contribution in [3.05, 3.63) is 53.1 Å². The van der Waals surface area contributed by atoms with Crippen molar-refractivity contribution < 1.29 is 13.2 Å². The number of hydrogen-bond donors (Lipinski definition) is 1. The molecule has 8 heteroatoms. The number of amides is 1. The first kappa shape index (κ1) is 22.2. The van der Waals surface area contributed by atoms with Crippen molar-refractivity contribution in [2.45, 2.75) is 48.2 Å². The Morgan fingerprint density at radius 3 is 2.41 bits per heavy atom. The van der Waals surface area contributed by atoms with Gasteiger partial charge >= 0.3 is 0 Å². The Balaban J connectivity index is 1.73. The van der Waals surface area contributed by atoms with Crippen LogP contribution in [0.15, 0.2) is 52.3 Å². The minimum Gasteiger partial charge on any atom is -0.324 e. The fourth-order valence-corrected chi connectivity index (χ4v) is 5.70. The van der Waals surface area contributed by atoms with Crippen molar-refractivity contribution in [1.29, 1.82) is 0 Å². The van der Waals surface area contributed by atoms with E-state index in [1.54, 1.807) is 0 Å². The van der Waals surface area contributed by atoms with Gasteiger partial charge in [0.1, 0.15) is 0 Å². The molecule has 1 aliphatic heterocycles. The molecule has 1 aliphatic rings. The van der Waals surface area contributed by atoms with Crippen LogP contribution >= 0.6 is 23.4 Å². The van der Waals surface area contributed by atoms with Gasteiger partial charge in [-0.3, -0.25) is 4.79 Å². The molecule has 0 radical (unpaired) electrons. The van der Waals surface area contributed by atoms with Crippen LogP contribution in [0, 0.1) is 6.92 Å². The van der Waals surface area contributed by atoms with E-state index in [4.69, 9.17) is 11.6 Å². The molecule has 2 aromatic carbocycles. The number of hydrogen-bond acceptors (Lipinski definition) is 4. The molecule has 1 N–H and O–H groups in total. The molecule has 1 heterocycles. The number of carbonyl (C=O) groups is 1. The molecule has 0 bridgehead atoms. The standard InChI is InChI=1S/C21H25ClN2O3S2/c1-15-6-8-17(9-7-15)28-16(2)21(25)23-20-14-18(10-11-19(20)22)29(26,27)24-12-4-3-5-13-24/h6-11,14,16H,3-5,12-13H2,1-2H3,(H,23,25). The highest BCUT2D eigenvalue weighted by molar-refractivity contribution is 8.00. The van der Waals surface area contributed by atoms with E-state index in [0.717, 1.165) is 29.7 Å². The molecular weight excluding hydrogens is 428 g/mol. The number of rotatable bonds is 6. The first-order chi connectivity index (χ1) is 13.8. The summed E-state index contributed by atoms with van der Waals surface area (Å²) in [5.74, 6) is -0.231. The van der Waals surface area contributed by atoms with E-state index in [9.17, 15) is 13.2 Å². The Kier molecular flexibility index (Phi) is 7.27. The largest absolute Gasteiger partial charge is 0.324 e. The second-order valence-electron chi connectivity index (χ2n) is 7.17. The van der Waals surface area contributed by atoms with Crippen molar-refractivity contribution in [3.8, 4) is 0 Å². The molecule has 5 nitrogen and oxygen atoms in total. The maximum absolute atomic E-state index is 12.9. The first-order valence-corrected chi connectivity index (χ1v) is 12.3. The van der Waals surface area contributed by atoms with Crippen LogP contribution in [0.1, 0.15) is 31.7 Å². The maximum Gasteiger partial charge on any atom is 0.243 e. The van der Waals surface area contributed by atoms with Crippen LogP contribution < -0.4 is 5.32 Å². The number of sulfonamides is 1. The van der Waals surface area contributed by atoms with E-state index >= 15 is 0 Å². The number of carbonyl (C=O) groups excluding carboxylic acids is 1. The molecule has 1 fully saturated rings. The summed E-state index contributed by atoms with van der Waals surface area (Å²) >= 11 is 7.66. The third kappa shape index (κ3) is 5.54. The van der Waals surface area contributed by atoms with E-state index in [-0.39, 0.29) is 16.1 Å². The van der Waals surface area contributed by atoms with Crippen LogP contribution in [0.2, 0.25) is 5.02 Å². The Bertz CT molecular complexity index is 972. The van der Waals surface area contributed by atoms with Crippen LogP contribution in [0.3, 0.4) is 0 Å². The lowest BCUT2D eigenvalue weighted by Crippen LogP contribution is -2.35. The second-order valence-corrected chi connectivity index (χ2v) is 10.9. The molecule has 0 saturated carbocycles. The van der Waals surface area contributed by atoms with Gasteiger partial charge in [0.25, 0.3) is 0 Å². The van der Waals surface area contributed by atoms with Gasteiger partial charge in [-0.1, -0.05) is 35.7 Å². The first-order valence-electron chi connectivity index (χ1n) is 9.61. The molecular formula is C21H25ClN2O3S2. The molecule has 1 saturated heterocycles. The quantitative estimate of drug-likeness (QED) is 0.630. The molecule has 0 spiro atoms. The monoisotopic (exact) mass is 452 g/mol. The molecule has 1 amide bonds. The number of nitrogens with one attached hydrogen (secondary N) is 1. The number of benzene rings is 2. The Hall–Kier alpha value is -1.54. The fourth-order valence-electron chi connectivity index (χ4n) is 3.12. The summed E-state index contributed by atoms with van der Waals surface area (Å²) in [6, 6.07) is 12.4. The lowest BCUT2D eigenvalue weighted by molar-refractivity contribution is -0.115. The number of aryl methyl sites for hydroxylation is 1. The number of halogens is 1. The highest BCUT2D eigenvalue weighted by Crippen LogP contribution is 2.30. The summed E-state index contributed by atoms with van der Waals surface area (Å²) in [5.41, 5.74) is 1.47. The fraction of sp³-hybridized carbons (Fsp3) is 0.381. The van der Waals surface area contributed by atoms with Crippen LogP contribution in [-0.4, -0.2) is 37.0 Å². The smallest absolute Gasteiger partial charge is 0.243 e. The summed E-state index contributed by atoms with van der Waals surface area (Å²) in [4.78, 5) is 13.8. The predicted octanol–water partition coefficient (Wildman–Crippen LogP) is 4.94. The van der Waals surface area contributed by atoms with Gasteiger partial charge in [-0.05, 0) is 57.0 Å². The van der Waals surface area contributed by atoms with Crippen LogP contribution in [-0.2, 0) is 14.8 Å². The Morgan fingerprint density at radius 2 is 1.76 bits per heavy atom. The highest BCUT2D eigenvalue weighted by Gasteiger charge is 2.27. The van der Waals surface area contributed by atoms with E-state index in [2.05, 4.69) is 5.32 Å². The zero-order valence-electron chi connectivity index (χ0n) is 16.5. The van der Waals surface area contributed by atoms with E-state index in [0.29, 0.717) is 23.8 Å². The van der Waals surface area contributed by atoms with Crippen LogP contribution in [0.25, 0.3) is 0 Å². The molecule has 29 heavy (non-hydrogen) atoms. The van der Waals surface area contributed by atoms with E-state index in [1.807, 2.05) is 38.1 Å². The van der Waals surface area contributed by atoms with Crippen LogP contribution in [0.4, 0.5) is 5.69 Å². The van der Waals surface area contributed by atoms with Gasteiger partial charge < -0.3 is 5.32 Å². The van der Waals surface area contributed by atoms with Gasteiger partial charge in [0.15, 0.2) is 0 Å². The minimum atomic E-state index is -3.59. The SMILES string of the molecule is Cc1ccc(SC(C)C(=O)Nc2cc(S(=O)(=O)N3CCCCC3)ccc2Cl)cc1. The number of piperidine rings is 1. The summed E-state index contributed by atoms with van der Waals surface area (Å²) in [5, 5.41) is 2.73. The topological polar surface area (TPSA) is 66.5 Å². The van der Waals surface area contributed by atoms with Gasteiger partial charge in [-0.2, -0.15) is 4.31 Å². The molecule has 1 atom stereocenters. The van der Waals surface area contributed by atoms with Gasteiger partial charge in [-0.25, -0.2) is 8.42 Å². The molecule has 156 valence electrons. The third-order valence-corrected chi connectivity index (χ3v) is 8.19. The normalized spacial score (nSPS) is 16.4. The second kappa shape index (κ2) is 9.51. The summed E-state index contributed by atoms with van der Waals surface area (Å²) in [6.45, 7) is 4.87. The maximum atomic E-state index is 12.9. The molecule has 0 aliphatic carbocycles. The third-order valence-electron chi connectivity index (χ3n) is 4.85.